The fraction of sp³-hybridized carbons (Fsp3) is 0.318. The van der Waals surface area contributed by atoms with Crippen LogP contribution < -0.4 is 5.32 Å². The van der Waals surface area contributed by atoms with E-state index in [-0.39, 0.29) is 33.9 Å². The highest BCUT2D eigenvalue weighted by molar-refractivity contribution is 6.36. The highest BCUT2D eigenvalue weighted by atomic mass is 35.5. The Bertz CT molecular complexity index is 1450. The van der Waals surface area contributed by atoms with Gasteiger partial charge in [0.05, 0.1) is 46.3 Å². The molecule has 170 valence electrons. The minimum atomic E-state index is -1.11. The number of rotatable bonds is 4. The molecule has 1 aliphatic carbocycles. The minimum Gasteiger partial charge on any atom is -0.309 e. The maximum atomic E-state index is 15.4. The van der Waals surface area contributed by atoms with Gasteiger partial charge in [-0.05, 0) is 6.42 Å². The normalized spacial score (nSPS) is 18.1. The van der Waals surface area contributed by atoms with Gasteiger partial charge in [-0.2, -0.15) is 5.10 Å². The molecule has 8 nitrogen and oxygen atoms in total. The van der Waals surface area contributed by atoms with Crippen LogP contribution in [0.15, 0.2) is 24.8 Å². The second kappa shape index (κ2) is 7.31. The Morgan fingerprint density at radius 1 is 1.27 bits per heavy atom. The summed E-state index contributed by atoms with van der Waals surface area (Å²) in [4.78, 5) is 33.5. The van der Waals surface area contributed by atoms with Gasteiger partial charge in [0.1, 0.15) is 6.17 Å². The third-order valence-electron chi connectivity index (χ3n) is 5.60. The number of fused-ring (bicyclic) bond motifs is 2. The number of halogens is 3. The zero-order valence-electron chi connectivity index (χ0n) is 17.9. The summed E-state index contributed by atoms with van der Waals surface area (Å²) in [7, 11) is 0. The monoisotopic (exact) mass is 472 g/mol. The van der Waals surface area contributed by atoms with Gasteiger partial charge in [0.2, 0.25) is 5.91 Å². The number of aromatic amines is 1. The van der Waals surface area contributed by atoms with Crippen molar-refractivity contribution >= 4 is 45.7 Å². The lowest BCUT2D eigenvalue weighted by Gasteiger charge is -2.19. The van der Waals surface area contributed by atoms with Crippen LogP contribution >= 0.6 is 11.6 Å². The maximum absolute atomic E-state index is 15.4. The molecule has 5 rings (SSSR count). The van der Waals surface area contributed by atoms with Gasteiger partial charge < -0.3 is 9.72 Å². The first-order valence-corrected chi connectivity index (χ1v) is 10.6. The summed E-state index contributed by atoms with van der Waals surface area (Å²) < 4.78 is 30.1. The molecule has 2 N–H and O–H groups in total. The van der Waals surface area contributed by atoms with Crippen molar-refractivity contribution in [3.05, 3.63) is 41.2 Å². The first-order valence-electron chi connectivity index (χ1n) is 10.2. The molecule has 33 heavy (non-hydrogen) atoms. The number of carbonyl (C=O) groups is 2. The molecular weight excluding hydrogens is 454 g/mol. The molecule has 1 aliphatic rings. The molecule has 11 heteroatoms. The molecule has 1 aromatic carbocycles. The van der Waals surface area contributed by atoms with E-state index < -0.39 is 35.0 Å². The third kappa shape index (κ3) is 3.54. The van der Waals surface area contributed by atoms with E-state index in [1.54, 1.807) is 37.6 Å². The van der Waals surface area contributed by atoms with Crippen LogP contribution in [0, 0.1) is 17.2 Å². The Balaban J connectivity index is 1.60. The number of nitrogens with one attached hydrogen (secondary N) is 2. The topological polar surface area (TPSA) is 105 Å². The predicted molar refractivity (Wildman–Crippen MR) is 118 cm³/mol. The van der Waals surface area contributed by atoms with Crippen LogP contribution in [-0.4, -0.2) is 42.4 Å². The Kier molecular flexibility index (Phi) is 4.75. The number of Topliss-reactive ketones (excluding diaryl/α,β-unsaturated/α-hetero) is 1. The molecule has 3 aromatic heterocycles. The number of amides is 1. The molecule has 1 saturated carbocycles. The van der Waals surface area contributed by atoms with Gasteiger partial charge in [0, 0.05) is 22.6 Å². The van der Waals surface area contributed by atoms with Crippen LogP contribution in [0.2, 0.25) is 5.02 Å². The molecule has 0 bridgehead atoms. The lowest BCUT2D eigenvalue weighted by atomic mass is 9.85. The van der Waals surface area contributed by atoms with Crippen LogP contribution in [0.25, 0.3) is 27.8 Å². The van der Waals surface area contributed by atoms with E-state index in [0.29, 0.717) is 16.7 Å². The van der Waals surface area contributed by atoms with E-state index in [0.717, 1.165) is 0 Å². The van der Waals surface area contributed by atoms with Crippen molar-refractivity contribution in [3.8, 4) is 11.3 Å². The molecule has 0 spiro atoms. The van der Waals surface area contributed by atoms with Gasteiger partial charge in [-0.25, -0.2) is 13.8 Å². The summed E-state index contributed by atoms with van der Waals surface area (Å²) in [5, 5.41) is 9.48. The van der Waals surface area contributed by atoms with E-state index in [9.17, 15) is 14.0 Å². The summed E-state index contributed by atoms with van der Waals surface area (Å²) in [6.45, 7) is 5.09. The molecule has 2 atom stereocenters. The van der Waals surface area contributed by atoms with Crippen molar-refractivity contribution in [2.75, 3.05) is 5.32 Å². The molecule has 0 radical (unpaired) electrons. The second-order valence-corrected chi connectivity index (χ2v) is 9.51. The fourth-order valence-electron chi connectivity index (χ4n) is 3.70. The van der Waals surface area contributed by atoms with Crippen molar-refractivity contribution in [1.82, 2.24) is 24.6 Å². The van der Waals surface area contributed by atoms with Crippen LogP contribution in [0.4, 0.5) is 14.6 Å². The summed E-state index contributed by atoms with van der Waals surface area (Å²) in [6, 6.07) is 0. The van der Waals surface area contributed by atoms with Gasteiger partial charge in [0.25, 0.3) is 0 Å². The zero-order valence-corrected chi connectivity index (χ0v) is 18.7. The van der Waals surface area contributed by atoms with E-state index in [1.807, 2.05) is 0 Å². The molecular formula is C22H19ClF2N6O2. The van der Waals surface area contributed by atoms with Gasteiger partial charge in [-0.1, -0.05) is 32.4 Å². The number of alkyl halides is 1. The molecule has 0 unspecified atom stereocenters. The fourth-order valence-corrected chi connectivity index (χ4v) is 3.99. The van der Waals surface area contributed by atoms with Crippen LogP contribution in [0.5, 0.6) is 0 Å². The second-order valence-electron chi connectivity index (χ2n) is 9.13. The molecule has 3 heterocycles. The number of carbonyl (C=O) groups excluding carboxylic acids is 2. The Morgan fingerprint density at radius 2 is 2.00 bits per heavy atom. The third-order valence-corrected chi connectivity index (χ3v) is 5.95. The van der Waals surface area contributed by atoms with Crippen molar-refractivity contribution in [2.45, 2.75) is 33.4 Å². The SMILES string of the molecule is CC(C)(C)C(=O)c1c(F)c(Cl)c(-c2cn3cc(NC(=O)[C@@H]4C[C@@H]4F)nc3cn2)c2cn[nH]c12. The Labute approximate surface area is 191 Å². The molecule has 0 aliphatic heterocycles. The Morgan fingerprint density at radius 3 is 2.67 bits per heavy atom. The number of ketones is 1. The summed E-state index contributed by atoms with van der Waals surface area (Å²) in [5.74, 6) is -2.09. The summed E-state index contributed by atoms with van der Waals surface area (Å²) >= 11 is 6.42. The number of aromatic nitrogens is 5. The average Bonchev–Trinajstić information content (AvgIpc) is 3.11. The van der Waals surface area contributed by atoms with Gasteiger partial charge in [0.15, 0.2) is 23.1 Å². The van der Waals surface area contributed by atoms with Crippen molar-refractivity contribution in [2.24, 2.45) is 11.3 Å². The van der Waals surface area contributed by atoms with E-state index >= 15 is 4.39 Å². The molecule has 1 fully saturated rings. The molecule has 4 aromatic rings. The first-order chi connectivity index (χ1) is 15.6. The predicted octanol–water partition coefficient (Wildman–Crippen LogP) is 4.59. The van der Waals surface area contributed by atoms with Crippen LogP contribution in [-0.2, 0) is 4.79 Å². The van der Waals surface area contributed by atoms with E-state index in [4.69, 9.17) is 11.6 Å². The summed E-state index contributed by atoms with van der Waals surface area (Å²) in [6.07, 6.45) is 5.12. The maximum Gasteiger partial charge on any atom is 0.231 e. The molecule has 0 saturated heterocycles. The van der Waals surface area contributed by atoms with Crippen molar-refractivity contribution < 1.29 is 18.4 Å². The number of anilines is 1. The lowest BCUT2D eigenvalue weighted by molar-refractivity contribution is -0.117. The van der Waals surface area contributed by atoms with Crippen molar-refractivity contribution in [3.63, 3.8) is 0 Å². The number of nitrogens with zero attached hydrogens (tertiary/aromatic N) is 4. The number of H-pyrrole nitrogens is 1. The van der Waals surface area contributed by atoms with Gasteiger partial charge in [-0.15, -0.1) is 0 Å². The van der Waals surface area contributed by atoms with E-state index in [2.05, 4.69) is 25.5 Å². The van der Waals surface area contributed by atoms with Crippen molar-refractivity contribution in [1.29, 1.82) is 0 Å². The quantitative estimate of drug-likeness (QED) is 0.423. The molecule has 1 amide bonds. The van der Waals surface area contributed by atoms with E-state index in [1.165, 1.54) is 12.4 Å². The average molecular weight is 473 g/mol. The zero-order chi connectivity index (χ0) is 23.7. The van der Waals surface area contributed by atoms with Crippen LogP contribution in [0.1, 0.15) is 37.6 Å². The number of hydrogen-bond acceptors (Lipinski definition) is 5. The van der Waals surface area contributed by atoms with Gasteiger partial charge in [-0.3, -0.25) is 19.7 Å². The largest absolute Gasteiger partial charge is 0.309 e. The van der Waals surface area contributed by atoms with Crippen LogP contribution in [0.3, 0.4) is 0 Å². The smallest absolute Gasteiger partial charge is 0.231 e. The number of hydrogen-bond donors (Lipinski definition) is 2. The lowest BCUT2D eigenvalue weighted by Crippen LogP contribution is -2.22. The first kappa shape index (κ1) is 21.4. The summed E-state index contributed by atoms with van der Waals surface area (Å²) in [5.41, 5.74) is 0.250. The Hall–Kier alpha value is -3.40. The highest BCUT2D eigenvalue weighted by Crippen LogP contribution is 2.40. The standard InChI is InChI=1S/C22H19ClF2N6O2/c1-22(2,3)20(32)16-18(25)17(23)15(10-5-27-30-19(10)16)12-7-31-8-13(28-14(31)6-26-12)29-21(33)9-4-11(9)24/h5-9,11H,4H2,1-3H3,(H,27,30)(H,29,33)/t9-,11+/m1/s1. The number of benzene rings is 1. The minimum absolute atomic E-state index is 0.149. The van der Waals surface area contributed by atoms with Gasteiger partial charge >= 0.3 is 0 Å². The number of imidazole rings is 1. The highest BCUT2D eigenvalue weighted by Gasteiger charge is 2.43.